The lowest BCUT2D eigenvalue weighted by Crippen LogP contribution is -2.10. The molecule has 0 amide bonds. The summed E-state index contributed by atoms with van der Waals surface area (Å²) in [6.07, 6.45) is 3.42. The molecule has 0 spiro atoms. The van der Waals surface area contributed by atoms with E-state index in [1.807, 2.05) is 6.92 Å². The molecule has 3 nitrogen and oxygen atoms in total. The summed E-state index contributed by atoms with van der Waals surface area (Å²) < 4.78 is 0. The van der Waals surface area contributed by atoms with Crippen LogP contribution in [0, 0.1) is 18.8 Å². The number of aryl methyl sites for hydroxylation is 1. The Kier molecular flexibility index (Phi) is 5.11. The molecular formula is C15H23N3. The van der Waals surface area contributed by atoms with E-state index in [0.717, 1.165) is 24.2 Å². The van der Waals surface area contributed by atoms with Gasteiger partial charge in [-0.1, -0.05) is 27.4 Å². The highest BCUT2D eigenvalue weighted by atomic mass is 14.9. The Morgan fingerprint density at radius 3 is 2.61 bits per heavy atom. The molecule has 0 aliphatic heterocycles. The van der Waals surface area contributed by atoms with Crippen molar-refractivity contribution in [2.75, 3.05) is 5.73 Å². The summed E-state index contributed by atoms with van der Waals surface area (Å²) >= 11 is 0. The Morgan fingerprint density at radius 1 is 1.39 bits per heavy atom. The third-order valence-corrected chi connectivity index (χ3v) is 3.12. The van der Waals surface area contributed by atoms with E-state index >= 15 is 0 Å². The molecule has 3 heteroatoms. The molecule has 1 unspecified atom stereocenters. The van der Waals surface area contributed by atoms with Crippen LogP contribution in [0.4, 0.5) is 5.69 Å². The van der Waals surface area contributed by atoms with Crippen molar-refractivity contribution in [2.24, 2.45) is 11.8 Å². The SMILES string of the molecule is C=C=C(CC(C)C)C(C)Cc1ncnc(C)c1N. The first kappa shape index (κ1) is 14.5. The van der Waals surface area contributed by atoms with Gasteiger partial charge in [0.15, 0.2) is 0 Å². The monoisotopic (exact) mass is 245 g/mol. The first-order valence-corrected chi connectivity index (χ1v) is 6.40. The number of rotatable bonds is 5. The molecule has 1 atom stereocenters. The average molecular weight is 245 g/mol. The van der Waals surface area contributed by atoms with E-state index in [1.54, 1.807) is 6.33 Å². The molecule has 0 radical (unpaired) electrons. The summed E-state index contributed by atoms with van der Waals surface area (Å²) in [7, 11) is 0. The minimum Gasteiger partial charge on any atom is -0.396 e. The normalized spacial score (nSPS) is 12.3. The van der Waals surface area contributed by atoms with E-state index in [0.29, 0.717) is 17.5 Å². The summed E-state index contributed by atoms with van der Waals surface area (Å²) in [5.41, 5.74) is 12.8. The fourth-order valence-electron chi connectivity index (χ4n) is 2.00. The van der Waals surface area contributed by atoms with Crippen molar-refractivity contribution in [1.82, 2.24) is 9.97 Å². The second-order valence-corrected chi connectivity index (χ2v) is 5.22. The molecule has 1 heterocycles. The smallest absolute Gasteiger partial charge is 0.116 e. The molecule has 1 aromatic rings. The number of hydrogen-bond acceptors (Lipinski definition) is 3. The number of nitrogens with two attached hydrogens (primary N) is 1. The topological polar surface area (TPSA) is 51.8 Å². The number of anilines is 1. The molecule has 2 N–H and O–H groups in total. The fourth-order valence-corrected chi connectivity index (χ4v) is 2.00. The van der Waals surface area contributed by atoms with Gasteiger partial charge < -0.3 is 5.73 Å². The summed E-state index contributed by atoms with van der Waals surface area (Å²) in [5.74, 6) is 0.975. The van der Waals surface area contributed by atoms with E-state index in [2.05, 4.69) is 43.0 Å². The van der Waals surface area contributed by atoms with Crippen LogP contribution in [0.15, 0.2) is 24.2 Å². The van der Waals surface area contributed by atoms with Crippen LogP contribution in [0.25, 0.3) is 0 Å². The van der Waals surface area contributed by atoms with Gasteiger partial charge in [-0.3, -0.25) is 0 Å². The van der Waals surface area contributed by atoms with Crippen molar-refractivity contribution in [3.05, 3.63) is 35.6 Å². The third-order valence-electron chi connectivity index (χ3n) is 3.12. The largest absolute Gasteiger partial charge is 0.396 e. The van der Waals surface area contributed by atoms with E-state index in [-0.39, 0.29) is 0 Å². The number of aromatic nitrogens is 2. The minimum atomic E-state index is 0.362. The van der Waals surface area contributed by atoms with Crippen molar-refractivity contribution in [1.29, 1.82) is 0 Å². The highest BCUT2D eigenvalue weighted by Crippen LogP contribution is 2.24. The van der Waals surface area contributed by atoms with Crippen LogP contribution in [0.1, 0.15) is 38.6 Å². The van der Waals surface area contributed by atoms with Crippen molar-refractivity contribution in [2.45, 2.75) is 40.5 Å². The first-order chi connectivity index (χ1) is 8.45. The maximum absolute atomic E-state index is 6.00. The molecule has 0 saturated carbocycles. The molecule has 18 heavy (non-hydrogen) atoms. The molecule has 0 bridgehead atoms. The number of allylic oxidation sites excluding steroid dienone is 1. The van der Waals surface area contributed by atoms with Gasteiger partial charge >= 0.3 is 0 Å². The maximum atomic E-state index is 6.00. The molecule has 0 fully saturated rings. The molecule has 0 aliphatic carbocycles. The van der Waals surface area contributed by atoms with Crippen molar-refractivity contribution in [3.8, 4) is 0 Å². The summed E-state index contributed by atoms with van der Waals surface area (Å²) in [5, 5.41) is 0. The molecule has 1 aromatic heterocycles. The highest BCUT2D eigenvalue weighted by molar-refractivity contribution is 5.46. The summed E-state index contributed by atoms with van der Waals surface area (Å²) in [6.45, 7) is 12.3. The fraction of sp³-hybridized carbons (Fsp3) is 0.533. The van der Waals surface area contributed by atoms with E-state index in [1.165, 1.54) is 5.57 Å². The highest BCUT2D eigenvalue weighted by Gasteiger charge is 2.14. The zero-order chi connectivity index (χ0) is 13.7. The van der Waals surface area contributed by atoms with Crippen LogP contribution in [0.3, 0.4) is 0 Å². The Labute approximate surface area is 110 Å². The van der Waals surface area contributed by atoms with Crippen LogP contribution in [-0.4, -0.2) is 9.97 Å². The van der Waals surface area contributed by atoms with Crippen LogP contribution < -0.4 is 5.73 Å². The standard InChI is InChI=1S/C15H23N3/c1-6-13(7-10(2)3)11(4)8-14-15(16)12(5)17-9-18-14/h9-11H,1,7-8,16H2,2-5H3. The summed E-state index contributed by atoms with van der Waals surface area (Å²) in [4.78, 5) is 8.37. The molecule has 0 saturated heterocycles. The molecule has 1 rings (SSSR count). The first-order valence-electron chi connectivity index (χ1n) is 6.40. The van der Waals surface area contributed by atoms with Crippen LogP contribution >= 0.6 is 0 Å². The Bertz CT molecular complexity index is 457. The van der Waals surface area contributed by atoms with Crippen LogP contribution in [0.5, 0.6) is 0 Å². The second kappa shape index (κ2) is 6.36. The maximum Gasteiger partial charge on any atom is 0.116 e. The Balaban J connectivity index is 2.83. The zero-order valence-electron chi connectivity index (χ0n) is 11.8. The van der Waals surface area contributed by atoms with Gasteiger partial charge in [0.2, 0.25) is 0 Å². The molecule has 0 aromatic carbocycles. The van der Waals surface area contributed by atoms with Gasteiger partial charge in [0.25, 0.3) is 0 Å². The van der Waals surface area contributed by atoms with Gasteiger partial charge in [0.1, 0.15) is 6.33 Å². The second-order valence-electron chi connectivity index (χ2n) is 5.22. The van der Waals surface area contributed by atoms with Gasteiger partial charge in [0, 0.05) is 0 Å². The van der Waals surface area contributed by atoms with E-state index < -0.39 is 0 Å². The lowest BCUT2D eigenvalue weighted by molar-refractivity contribution is 0.559. The van der Waals surface area contributed by atoms with Gasteiger partial charge in [-0.2, -0.15) is 0 Å². The minimum absolute atomic E-state index is 0.362. The number of hydrogen-bond donors (Lipinski definition) is 1. The zero-order valence-corrected chi connectivity index (χ0v) is 11.8. The Hall–Kier alpha value is -1.60. The Morgan fingerprint density at radius 2 is 2.06 bits per heavy atom. The molecule has 98 valence electrons. The average Bonchev–Trinajstić information content (AvgIpc) is 2.31. The van der Waals surface area contributed by atoms with Crippen LogP contribution in [0.2, 0.25) is 0 Å². The van der Waals surface area contributed by atoms with Gasteiger partial charge in [0.05, 0.1) is 17.1 Å². The van der Waals surface area contributed by atoms with Crippen molar-refractivity contribution >= 4 is 5.69 Å². The van der Waals surface area contributed by atoms with E-state index in [9.17, 15) is 0 Å². The van der Waals surface area contributed by atoms with Gasteiger partial charge in [-0.05, 0) is 37.2 Å². The lowest BCUT2D eigenvalue weighted by Gasteiger charge is -2.16. The lowest BCUT2D eigenvalue weighted by atomic mass is 9.90. The predicted molar refractivity (Wildman–Crippen MR) is 76.2 cm³/mol. The summed E-state index contributed by atoms with van der Waals surface area (Å²) in [6, 6.07) is 0. The predicted octanol–water partition coefficient (Wildman–Crippen LogP) is 3.30. The molecular weight excluding hydrogens is 222 g/mol. The molecule has 0 aliphatic rings. The number of nitrogen functional groups attached to an aromatic ring is 1. The van der Waals surface area contributed by atoms with Crippen molar-refractivity contribution in [3.63, 3.8) is 0 Å². The quantitative estimate of drug-likeness (QED) is 0.810. The van der Waals surface area contributed by atoms with Gasteiger partial charge in [-0.15, -0.1) is 5.73 Å². The van der Waals surface area contributed by atoms with Crippen molar-refractivity contribution < 1.29 is 0 Å². The van der Waals surface area contributed by atoms with Crippen LogP contribution in [-0.2, 0) is 6.42 Å². The number of nitrogens with zero attached hydrogens (tertiary/aromatic N) is 2. The third kappa shape index (κ3) is 3.71. The van der Waals surface area contributed by atoms with Gasteiger partial charge in [-0.25, -0.2) is 9.97 Å². The van der Waals surface area contributed by atoms with E-state index in [4.69, 9.17) is 5.73 Å².